The summed E-state index contributed by atoms with van der Waals surface area (Å²) in [6, 6.07) is 4.98. The minimum absolute atomic E-state index is 0.0262. The van der Waals surface area contributed by atoms with Crippen LogP contribution >= 0.6 is 0 Å². The average molecular weight is 723 g/mol. The number of amides is 1. The summed E-state index contributed by atoms with van der Waals surface area (Å²) < 4.78 is 53.1. The Balaban J connectivity index is 1.32. The average Bonchev–Trinajstić information content (AvgIpc) is 3.73. The number of phenols is 1. The molecule has 0 unspecified atom stereocenters. The number of carbonyl (C=O) groups excluding carboxylic acids is 1. The first-order valence-corrected chi connectivity index (χ1v) is 17.2. The van der Waals surface area contributed by atoms with E-state index in [0.717, 1.165) is 18.4 Å². The van der Waals surface area contributed by atoms with Crippen molar-refractivity contribution < 1.29 is 27.8 Å². The van der Waals surface area contributed by atoms with Gasteiger partial charge in [-0.25, -0.2) is 23.1 Å². The van der Waals surface area contributed by atoms with E-state index < -0.39 is 23.3 Å². The number of hydrogen-bond donors (Lipinski definition) is 1. The van der Waals surface area contributed by atoms with Gasteiger partial charge >= 0.3 is 6.01 Å². The molecular formula is C39H37F3N8O3. The highest BCUT2D eigenvalue weighted by molar-refractivity contribution is 6.03. The number of ether oxygens (including phenoxy) is 1. The Hall–Kier alpha value is -5.81. The number of alkyl halides is 1. The Bertz CT molecular complexity index is 2270. The molecule has 5 aromatic rings. The standard InChI is InChI=1S/C39H37F3N8O3/c1-5-28-31(41)10-9-24-12-27(51)13-29(33(24)28)35-34(42)36-30(17-45-35)37(48(4)20-26-8-7-11-50(26)32(52)6-2)47-38(46-36)53-21-39(3)14-25(40)19-49(39)18-23-15-43-22-44-16-23/h1,6,9-10,12-13,15-17,22,25-26,51H,2,7-8,11,14,18-21H2,3-4H3/t25-,26+,39+/m1/s1. The number of phenolic OH excluding ortho intramolecular Hbond substituents is 1. The summed E-state index contributed by atoms with van der Waals surface area (Å²) in [6.07, 6.45) is 13.8. The molecule has 272 valence electrons. The summed E-state index contributed by atoms with van der Waals surface area (Å²) in [7, 11) is 1.77. The minimum Gasteiger partial charge on any atom is -0.508 e. The number of pyridine rings is 1. The lowest BCUT2D eigenvalue weighted by Gasteiger charge is -2.34. The summed E-state index contributed by atoms with van der Waals surface area (Å²) in [5.74, 6) is 0.686. The predicted molar refractivity (Wildman–Crippen MR) is 194 cm³/mol. The maximum absolute atomic E-state index is 17.0. The number of fused-ring (bicyclic) bond motifs is 2. The van der Waals surface area contributed by atoms with Crippen molar-refractivity contribution in [1.82, 2.24) is 34.7 Å². The Morgan fingerprint density at radius 1 is 1.23 bits per heavy atom. The number of benzene rings is 2. The minimum atomic E-state index is -1.11. The van der Waals surface area contributed by atoms with Gasteiger partial charge in [0.25, 0.3) is 0 Å². The van der Waals surface area contributed by atoms with E-state index in [0.29, 0.717) is 25.0 Å². The zero-order chi connectivity index (χ0) is 37.4. The molecule has 1 amide bonds. The molecule has 2 aliphatic rings. The lowest BCUT2D eigenvalue weighted by atomic mass is 9.96. The van der Waals surface area contributed by atoms with Crippen molar-refractivity contribution in [2.24, 2.45) is 0 Å². The smallest absolute Gasteiger partial charge is 0.319 e. The van der Waals surface area contributed by atoms with E-state index in [1.165, 1.54) is 42.9 Å². The van der Waals surface area contributed by atoms with E-state index in [2.05, 4.69) is 32.4 Å². The molecule has 5 heterocycles. The van der Waals surface area contributed by atoms with E-state index in [1.807, 2.05) is 11.8 Å². The van der Waals surface area contributed by atoms with Gasteiger partial charge in [-0.3, -0.25) is 14.7 Å². The number of likely N-dealkylation sites (tertiary alicyclic amines) is 2. The second-order valence-electron chi connectivity index (χ2n) is 13.8. The van der Waals surface area contributed by atoms with Crippen LogP contribution in [0.15, 0.2) is 61.8 Å². The highest BCUT2D eigenvalue weighted by atomic mass is 19.1. The molecule has 0 saturated carbocycles. The van der Waals surface area contributed by atoms with E-state index in [-0.39, 0.29) is 82.2 Å². The fraction of sp³-hybridized carbons (Fsp3) is 0.333. The largest absolute Gasteiger partial charge is 0.508 e. The highest BCUT2D eigenvalue weighted by Gasteiger charge is 2.43. The number of halogens is 3. The Morgan fingerprint density at radius 3 is 2.77 bits per heavy atom. The molecule has 14 heteroatoms. The molecule has 11 nitrogen and oxygen atoms in total. The number of aromatic hydroxyl groups is 1. The summed E-state index contributed by atoms with van der Waals surface area (Å²) in [6.45, 7) is 6.98. The van der Waals surface area contributed by atoms with Gasteiger partial charge in [-0.1, -0.05) is 18.6 Å². The van der Waals surface area contributed by atoms with Gasteiger partial charge in [0.2, 0.25) is 5.91 Å². The van der Waals surface area contributed by atoms with Crippen LogP contribution in [0.1, 0.15) is 37.3 Å². The third-order valence-corrected chi connectivity index (χ3v) is 10.1. The van der Waals surface area contributed by atoms with Crippen LogP contribution in [0.5, 0.6) is 11.8 Å². The van der Waals surface area contributed by atoms with Crippen molar-refractivity contribution in [3.8, 4) is 35.4 Å². The van der Waals surface area contributed by atoms with Gasteiger partial charge in [0.1, 0.15) is 47.7 Å². The zero-order valence-electron chi connectivity index (χ0n) is 29.3. The van der Waals surface area contributed by atoms with E-state index in [1.54, 1.807) is 29.2 Å². The molecule has 0 radical (unpaired) electrons. The van der Waals surface area contributed by atoms with Gasteiger partial charge in [0.05, 0.1) is 16.5 Å². The van der Waals surface area contributed by atoms with Crippen molar-refractivity contribution in [2.75, 3.05) is 38.2 Å². The predicted octanol–water partition coefficient (Wildman–Crippen LogP) is 5.59. The molecule has 0 bridgehead atoms. The summed E-state index contributed by atoms with van der Waals surface area (Å²) in [4.78, 5) is 39.9. The highest BCUT2D eigenvalue weighted by Crippen LogP contribution is 2.39. The molecule has 3 aromatic heterocycles. The molecule has 1 N–H and O–H groups in total. The van der Waals surface area contributed by atoms with Crippen molar-refractivity contribution in [1.29, 1.82) is 0 Å². The second-order valence-corrected chi connectivity index (χ2v) is 13.8. The van der Waals surface area contributed by atoms with E-state index in [9.17, 15) is 18.7 Å². The van der Waals surface area contributed by atoms with Crippen LogP contribution in [0.25, 0.3) is 32.9 Å². The molecule has 0 aliphatic carbocycles. The van der Waals surface area contributed by atoms with Gasteiger partial charge in [-0.15, -0.1) is 6.42 Å². The summed E-state index contributed by atoms with van der Waals surface area (Å²) in [5.41, 5.74) is -0.391. The molecule has 2 saturated heterocycles. The molecule has 7 rings (SSSR count). The SMILES string of the molecule is C#Cc1c(F)ccc2cc(O)cc(-c3ncc4c(N(C)C[C@@H]5CCCN5C(=O)C=C)nc(OC[C@]5(C)C[C@@H](F)CN5Cc5cncnc5)nc4c3F)c12. The maximum Gasteiger partial charge on any atom is 0.319 e. The first-order valence-electron chi connectivity index (χ1n) is 17.2. The topological polar surface area (TPSA) is 121 Å². The Morgan fingerprint density at radius 2 is 2.02 bits per heavy atom. The van der Waals surface area contributed by atoms with Crippen LogP contribution in [-0.4, -0.2) is 96.8 Å². The van der Waals surface area contributed by atoms with Crippen LogP contribution in [-0.2, 0) is 11.3 Å². The van der Waals surface area contributed by atoms with Gasteiger partial charge < -0.3 is 19.6 Å². The monoisotopic (exact) mass is 722 g/mol. The molecule has 53 heavy (non-hydrogen) atoms. The molecule has 3 atom stereocenters. The first kappa shape index (κ1) is 35.6. The van der Waals surface area contributed by atoms with Crippen molar-refractivity contribution in [3.05, 3.63) is 84.6 Å². The molecule has 0 spiro atoms. The zero-order valence-corrected chi connectivity index (χ0v) is 29.3. The van der Waals surface area contributed by atoms with E-state index >= 15 is 4.39 Å². The number of carbonyl (C=O) groups is 1. The third kappa shape index (κ3) is 6.80. The van der Waals surface area contributed by atoms with Crippen LogP contribution < -0.4 is 9.64 Å². The van der Waals surface area contributed by atoms with Crippen LogP contribution in [0, 0.1) is 24.0 Å². The molecule has 2 aliphatic heterocycles. The number of terminal acetylenes is 1. The molecular weight excluding hydrogens is 685 g/mol. The van der Waals surface area contributed by atoms with Crippen LogP contribution in [0.4, 0.5) is 19.0 Å². The van der Waals surface area contributed by atoms with Gasteiger partial charge in [0, 0.05) is 80.8 Å². The van der Waals surface area contributed by atoms with Crippen LogP contribution in [0.3, 0.4) is 0 Å². The second kappa shape index (κ2) is 14.3. The van der Waals surface area contributed by atoms with Gasteiger partial charge in [0.15, 0.2) is 5.82 Å². The molecule has 2 aromatic carbocycles. The van der Waals surface area contributed by atoms with Gasteiger partial charge in [-0.2, -0.15) is 9.97 Å². The van der Waals surface area contributed by atoms with E-state index in [4.69, 9.17) is 16.1 Å². The lowest BCUT2D eigenvalue weighted by molar-refractivity contribution is -0.126. The fourth-order valence-corrected chi connectivity index (χ4v) is 7.54. The summed E-state index contributed by atoms with van der Waals surface area (Å²) in [5, 5.41) is 11.4. The van der Waals surface area contributed by atoms with Crippen molar-refractivity contribution in [2.45, 2.75) is 50.5 Å². The van der Waals surface area contributed by atoms with Crippen molar-refractivity contribution >= 4 is 33.4 Å². The number of nitrogens with zero attached hydrogens (tertiary/aromatic N) is 8. The fourth-order valence-electron chi connectivity index (χ4n) is 7.54. The first-order chi connectivity index (χ1) is 25.5. The quantitative estimate of drug-likeness (QED) is 0.144. The number of likely N-dealkylation sites (N-methyl/N-ethyl adjacent to an activating group) is 1. The molecule has 2 fully saturated rings. The number of anilines is 1. The Kier molecular flexibility index (Phi) is 9.61. The maximum atomic E-state index is 17.0. The third-order valence-electron chi connectivity index (χ3n) is 10.1. The summed E-state index contributed by atoms with van der Waals surface area (Å²) >= 11 is 0. The number of hydrogen-bond acceptors (Lipinski definition) is 10. The van der Waals surface area contributed by atoms with Crippen molar-refractivity contribution in [3.63, 3.8) is 0 Å². The number of rotatable bonds is 10. The number of aromatic nitrogens is 5. The normalized spacial score (nSPS) is 20.2. The Labute approximate surface area is 304 Å². The lowest BCUT2D eigenvalue weighted by Crippen LogP contribution is -2.45. The van der Waals surface area contributed by atoms with Crippen LogP contribution in [0.2, 0.25) is 0 Å². The van der Waals surface area contributed by atoms with Gasteiger partial charge in [-0.05, 0) is 49.4 Å².